The van der Waals surface area contributed by atoms with Crippen molar-refractivity contribution < 1.29 is 9.47 Å². The van der Waals surface area contributed by atoms with Crippen molar-refractivity contribution in [2.45, 2.75) is 38.3 Å². The van der Waals surface area contributed by atoms with Crippen molar-refractivity contribution in [2.75, 3.05) is 19.5 Å². The molecule has 5 nitrogen and oxygen atoms in total. The van der Waals surface area contributed by atoms with Crippen LogP contribution in [0.4, 0.5) is 5.95 Å². The van der Waals surface area contributed by atoms with E-state index >= 15 is 0 Å². The van der Waals surface area contributed by atoms with Crippen LogP contribution < -0.4 is 10.5 Å². The Bertz CT molecular complexity index is 608. The van der Waals surface area contributed by atoms with Crippen molar-refractivity contribution in [1.29, 1.82) is 0 Å². The van der Waals surface area contributed by atoms with Crippen LogP contribution in [-0.4, -0.2) is 29.4 Å². The van der Waals surface area contributed by atoms with Crippen LogP contribution in [0.15, 0.2) is 18.2 Å². The maximum Gasteiger partial charge on any atom is 0.201 e. The molecule has 1 aliphatic carbocycles. The quantitative estimate of drug-likeness (QED) is 0.932. The Kier molecular flexibility index (Phi) is 3.53. The van der Waals surface area contributed by atoms with Gasteiger partial charge in [-0.3, -0.25) is 0 Å². The Morgan fingerprint density at radius 2 is 2.25 bits per heavy atom. The summed E-state index contributed by atoms with van der Waals surface area (Å²) in [6.07, 6.45) is 3.52. The highest BCUT2D eigenvalue weighted by atomic mass is 16.5. The fourth-order valence-corrected chi connectivity index (χ4v) is 3.21. The second kappa shape index (κ2) is 5.32. The van der Waals surface area contributed by atoms with Gasteiger partial charge in [0.15, 0.2) is 0 Å². The van der Waals surface area contributed by atoms with Gasteiger partial charge in [-0.2, -0.15) is 0 Å². The van der Waals surface area contributed by atoms with Gasteiger partial charge in [0.2, 0.25) is 5.95 Å². The van der Waals surface area contributed by atoms with Crippen LogP contribution in [-0.2, 0) is 4.74 Å². The lowest BCUT2D eigenvalue weighted by molar-refractivity contribution is 0.0768. The van der Waals surface area contributed by atoms with Gasteiger partial charge in [-0.1, -0.05) is 6.07 Å². The Hall–Kier alpha value is -1.75. The number of benzene rings is 1. The average Bonchev–Trinajstić information content (AvgIpc) is 3.02. The van der Waals surface area contributed by atoms with Gasteiger partial charge in [0.25, 0.3) is 0 Å². The molecule has 1 aliphatic rings. The lowest BCUT2D eigenvalue weighted by Crippen LogP contribution is -2.21. The molecule has 0 amide bonds. The van der Waals surface area contributed by atoms with Crippen molar-refractivity contribution in [2.24, 2.45) is 0 Å². The largest absolute Gasteiger partial charge is 0.492 e. The molecule has 3 rings (SSSR count). The zero-order valence-electron chi connectivity index (χ0n) is 12.0. The third kappa shape index (κ3) is 2.02. The number of hydrogen-bond acceptors (Lipinski definition) is 4. The van der Waals surface area contributed by atoms with E-state index in [2.05, 4.69) is 9.55 Å². The van der Waals surface area contributed by atoms with E-state index in [1.807, 2.05) is 25.1 Å². The highest BCUT2D eigenvalue weighted by Gasteiger charge is 2.31. The Morgan fingerprint density at radius 3 is 3.00 bits per heavy atom. The van der Waals surface area contributed by atoms with E-state index in [0.29, 0.717) is 12.6 Å². The number of methoxy groups -OCH3 is 1. The highest BCUT2D eigenvalue weighted by molar-refractivity contribution is 5.84. The van der Waals surface area contributed by atoms with E-state index in [9.17, 15) is 0 Å². The normalized spacial score (nSPS) is 22.5. The molecule has 0 aliphatic heterocycles. The number of aromatic nitrogens is 2. The van der Waals surface area contributed by atoms with E-state index in [4.69, 9.17) is 15.2 Å². The molecule has 0 radical (unpaired) electrons. The van der Waals surface area contributed by atoms with Gasteiger partial charge in [-0.05, 0) is 38.3 Å². The first-order valence-electron chi connectivity index (χ1n) is 7.18. The number of hydrogen-bond donors (Lipinski definition) is 1. The molecule has 0 saturated heterocycles. The summed E-state index contributed by atoms with van der Waals surface area (Å²) in [6, 6.07) is 6.24. The van der Waals surface area contributed by atoms with Gasteiger partial charge >= 0.3 is 0 Å². The predicted octanol–water partition coefficient (Wildman–Crippen LogP) is 2.76. The number of para-hydroxylation sites is 1. The van der Waals surface area contributed by atoms with Gasteiger partial charge in [0.1, 0.15) is 11.3 Å². The Balaban J connectivity index is 2.11. The molecule has 2 atom stereocenters. The number of imidazole rings is 1. The summed E-state index contributed by atoms with van der Waals surface area (Å²) in [5.41, 5.74) is 8.03. The van der Waals surface area contributed by atoms with Crippen LogP contribution in [0.5, 0.6) is 5.75 Å². The fourth-order valence-electron chi connectivity index (χ4n) is 3.21. The summed E-state index contributed by atoms with van der Waals surface area (Å²) in [5.74, 6) is 1.34. The van der Waals surface area contributed by atoms with E-state index in [-0.39, 0.29) is 12.1 Å². The molecule has 2 aromatic rings. The van der Waals surface area contributed by atoms with E-state index in [1.165, 1.54) is 0 Å². The topological polar surface area (TPSA) is 62.3 Å². The Labute approximate surface area is 118 Å². The summed E-state index contributed by atoms with van der Waals surface area (Å²) >= 11 is 0. The monoisotopic (exact) mass is 275 g/mol. The Morgan fingerprint density at radius 1 is 1.40 bits per heavy atom. The van der Waals surface area contributed by atoms with Crippen molar-refractivity contribution in [3.63, 3.8) is 0 Å². The first kappa shape index (κ1) is 13.2. The summed E-state index contributed by atoms with van der Waals surface area (Å²) < 4.78 is 13.3. The van der Waals surface area contributed by atoms with Crippen LogP contribution in [0.1, 0.15) is 32.2 Å². The molecule has 2 N–H and O–H groups in total. The predicted molar refractivity (Wildman–Crippen MR) is 79.0 cm³/mol. The van der Waals surface area contributed by atoms with E-state index in [1.54, 1.807) is 7.11 Å². The molecule has 0 bridgehead atoms. The zero-order valence-corrected chi connectivity index (χ0v) is 12.0. The maximum atomic E-state index is 6.16. The van der Waals surface area contributed by atoms with E-state index in [0.717, 1.165) is 36.0 Å². The van der Waals surface area contributed by atoms with Crippen molar-refractivity contribution in [3.8, 4) is 5.75 Å². The summed E-state index contributed by atoms with van der Waals surface area (Å²) in [6.45, 7) is 2.59. The minimum Gasteiger partial charge on any atom is -0.492 e. The molecule has 108 valence electrons. The van der Waals surface area contributed by atoms with Crippen molar-refractivity contribution >= 4 is 17.0 Å². The second-order valence-corrected chi connectivity index (χ2v) is 5.17. The number of nitrogen functional groups attached to an aromatic ring is 1. The molecule has 5 heteroatoms. The summed E-state index contributed by atoms with van der Waals surface area (Å²) in [7, 11) is 1.77. The second-order valence-electron chi connectivity index (χ2n) is 5.17. The number of anilines is 1. The molecule has 20 heavy (non-hydrogen) atoms. The summed E-state index contributed by atoms with van der Waals surface area (Å²) in [5, 5.41) is 0. The lowest BCUT2D eigenvalue weighted by atomic mass is 10.2. The zero-order chi connectivity index (χ0) is 14.1. The van der Waals surface area contributed by atoms with E-state index < -0.39 is 0 Å². The fraction of sp³-hybridized carbons (Fsp3) is 0.533. The molecular weight excluding hydrogens is 254 g/mol. The number of ether oxygens (including phenoxy) is 2. The number of nitrogens with zero attached hydrogens (tertiary/aromatic N) is 2. The minimum atomic E-state index is 0.213. The molecule has 1 aromatic carbocycles. The van der Waals surface area contributed by atoms with Crippen LogP contribution in [0, 0.1) is 0 Å². The molecule has 1 heterocycles. The van der Waals surface area contributed by atoms with Crippen molar-refractivity contribution in [1.82, 2.24) is 9.55 Å². The highest BCUT2D eigenvalue weighted by Crippen LogP contribution is 2.38. The number of rotatable bonds is 4. The van der Waals surface area contributed by atoms with Gasteiger partial charge in [-0.15, -0.1) is 0 Å². The molecular formula is C15H21N3O2. The maximum absolute atomic E-state index is 6.16. The lowest BCUT2D eigenvalue weighted by Gasteiger charge is -2.21. The molecule has 1 fully saturated rings. The first-order valence-corrected chi connectivity index (χ1v) is 7.18. The molecule has 2 unspecified atom stereocenters. The minimum absolute atomic E-state index is 0.213. The average molecular weight is 275 g/mol. The number of fused-ring (bicyclic) bond motifs is 1. The third-order valence-electron chi connectivity index (χ3n) is 4.06. The molecule has 0 spiro atoms. The van der Waals surface area contributed by atoms with Gasteiger partial charge < -0.3 is 19.8 Å². The SMILES string of the molecule is CCOc1cccc2c1nc(N)n2C1CCCC1OC. The van der Waals surface area contributed by atoms with Crippen LogP contribution in [0.3, 0.4) is 0 Å². The summed E-state index contributed by atoms with van der Waals surface area (Å²) in [4.78, 5) is 4.51. The van der Waals surface area contributed by atoms with Crippen molar-refractivity contribution in [3.05, 3.63) is 18.2 Å². The van der Waals surface area contributed by atoms with Crippen LogP contribution >= 0.6 is 0 Å². The smallest absolute Gasteiger partial charge is 0.201 e. The van der Waals surface area contributed by atoms with Crippen LogP contribution in [0.2, 0.25) is 0 Å². The van der Waals surface area contributed by atoms with Gasteiger partial charge in [0.05, 0.1) is 24.3 Å². The molecule has 1 saturated carbocycles. The standard InChI is InChI=1S/C15H21N3O2/c1-3-20-13-9-5-7-11-14(13)17-15(16)18(11)10-6-4-8-12(10)19-2/h5,7,9-10,12H,3-4,6,8H2,1-2H3,(H2,16,17). The number of nitrogens with two attached hydrogens (primary N) is 1. The van der Waals surface area contributed by atoms with Crippen LogP contribution in [0.25, 0.3) is 11.0 Å². The molecule has 1 aromatic heterocycles. The van der Waals surface area contributed by atoms with Gasteiger partial charge in [0, 0.05) is 7.11 Å². The first-order chi connectivity index (χ1) is 9.76. The third-order valence-corrected chi connectivity index (χ3v) is 4.06. The van der Waals surface area contributed by atoms with Gasteiger partial charge in [-0.25, -0.2) is 4.98 Å².